The van der Waals surface area contributed by atoms with Crippen molar-refractivity contribution in [2.75, 3.05) is 11.9 Å². The van der Waals surface area contributed by atoms with Gasteiger partial charge in [0.2, 0.25) is 5.91 Å². The van der Waals surface area contributed by atoms with Crippen LogP contribution >= 0.6 is 0 Å². The van der Waals surface area contributed by atoms with Crippen LogP contribution in [0.5, 0.6) is 0 Å². The first-order valence-electron chi connectivity index (χ1n) is 18.8. The van der Waals surface area contributed by atoms with Crippen LogP contribution in [0, 0.1) is 0 Å². The zero-order valence-corrected chi connectivity index (χ0v) is 30.3. The first-order chi connectivity index (χ1) is 27.2. The maximum Gasteiger partial charge on any atom is 0.228 e. The minimum atomic E-state index is -0.779. The van der Waals surface area contributed by atoms with E-state index in [0.29, 0.717) is 24.5 Å². The Labute approximate surface area is 320 Å². The monoisotopic (exact) mass is 720 g/mol. The third-order valence-electron chi connectivity index (χ3n) is 10.4. The van der Waals surface area contributed by atoms with Crippen LogP contribution in [0.2, 0.25) is 0 Å². The van der Waals surface area contributed by atoms with E-state index >= 15 is 0 Å². The number of rotatable bonds is 10. The molecule has 0 radical (unpaired) electrons. The number of hydrogen-bond acceptors (Lipinski definition) is 5. The number of carbonyl (C=O) groups is 1. The molecular weight excluding hydrogens is 681 g/mol. The summed E-state index contributed by atoms with van der Waals surface area (Å²) in [6.45, 7) is 0.704. The first kappa shape index (κ1) is 34.1. The summed E-state index contributed by atoms with van der Waals surface area (Å²) in [6, 6.07) is 55.4. The molecule has 8 aromatic rings. The minimum Gasteiger partial charge on any atom is -0.356 e. The fourth-order valence-corrected chi connectivity index (χ4v) is 7.85. The van der Waals surface area contributed by atoms with Gasteiger partial charge in [0.1, 0.15) is 17.6 Å². The molecule has 0 bridgehead atoms. The first-order valence-corrected chi connectivity index (χ1v) is 18.8. The lowest BCUT2D eigenvalue weighted by Gasteiger charge is -2.35. The van der Waals surface area contributed by atoms with Gasteiger partial charge in [0, 0.05) is 28.8 Å². The number of fused-ring (bicyclic) bond motifs is 1. The highest BCUT2D eigenvalue weighted by Crippen LogP contribution is 2.41. The average Bonchev–Trinajstić information content (AvgIpc) is 3.89. The summed E-state index contributed by atoms with van der Waals surface area (Å²) >= 11 is 0. The maximum atomic E-state index is 13.0. The zero-order chi connectivity index (χ0) is 37.0. The topological polar surface area (TPSA) is 86.9 Å². The van der Waals surface area contributed by atoms with Gasteiger partial charge >= 0.3 is 0 Å². The lowest BCUT2D eigenvalue weighted by Crippen LogP contribution is -2.38. The number of nitrogens with zero attached hydrogens (tertiary/aromatic N) is 5. The highest BCUT2D eigenvalue weighted by molar-refractivity contribution is 5.97. The summed E-state index contributed by atoms with van der Waals surface area (Å²) < 4.78 is 10.3. The van der Waals surface area contributed by atoms with Gasteiger partial charge in [-0.2, -0.15) is 5.10 Å². The van der Waals surface area contributed by atoms with Crippen molar-refractivity contribution in [1.29, 1.82) is 0 Å². The molecule has 270 valence electrons. The Morgan fingerprint density at radius 1 is 0.691 bits per heavy atom. The molecule has 6 aromatic carbocycles. The summed E-state index contributed by atoms with van der Waals surface area (Å²) in [5.74, 6) is 0.527. The quantitative estimate of drug-likeness (QED) is 0.142. The van der Waals surface area contributed by atoms with Crippen LogP contribution in [-0.2, 0) is 21.5 Å². The number of carbonyl (C=O) groups excluding carboxylic acids is 1. The highest BCUT2D eigenvalue weighted by Gasteiger charge is 2.39. The van der Waals surface area contributed by atoms with Gasteiger partial charge in [-0.25, -0.2) is 14.3 Å². The number of aromatic nitrogens is 5. The maximum absolute atomic E-state index is 13.0. The van der Waals surface area contributed by atoms with Crippen LogP contribution in [0.1, 0.15) is 47.7 Å². The Morgan fingerprint density at radius 2 is 1.35 bits per heavy atom. The van der Waals surface area contributed by atoms with Crippen LogP contribution in [0.4, 0.5) is 5.69 Å². The molecule has 1 unspecified atom stereocenters. The number of benzene rings is 6. The highest BCUT2D eigenvalue weighted by atomic mass is 16.5. The molecule has 1 saturated heterocycles. The molecule has 8 heteroatoms. The SMILES string of the molecule is O=C(Cc1ccccc1)Nc1cccc(-c2nn(C3CCCCO3)c3ccc(-c4ncn(C(c5ccccc5)(c5ccccc5)c5ccccc5)n4)cc23)c1. The van der Waals surface area contributed by atoms with Crippen molar-refractivity contribution in [2.45, 2.75) is 37.5 Å². The van der Waals surface area contributed by atoms with Crippen molar-refractivity contribution in [3.8, 4) is 22.6 Å². The fourth-order valence-electron chi connectivity index (χ4n) is 7.85. The van der Waals surface area contributed by atoms with Crippen molar-refractivity contribution in [2.24, 2.45) is 0 Å². The number of nitrogens with one attached hydrogen (secondary N) is 1. The second-order valence-electron chi connectivity index (χ2n) is 14.0. The second-order valence-corrected chi connectivity index (χ2v) is 14.0. The minimum absolute atomic E-state index is 0.0733. The van der Waals surface area contributed by atoms with E-state index in [1.807, 2.05) is 88.5 Å². The van der Waals surface area contributed by atoms with E-state index in [4.69, 9.17) is 19.9 Å². The van der Waals surface area contributed by atoms with Gasteiger partial charge in [-0.05, 0) is 71.8 Å². The second kappa shape index (κ2) is 15.0. The van der Waals surface area contributed by atoms with Crippen LogP contribution in [-0.4, -0.2) is 37.1 Å². The Balaban J connectivity index is 1.14. The Bertz CT molecular complexity index is 2450. The number of hydrogen-bond donors (Lipinski definition) is 1. The van der Waals surface area contributed by atoms with Crippen LogP contribution in [0.25, 0.3) is 33.5 Å². The summed E-state index contributed by atoms with van der Waals surface area (Å²) in [6.07, 6.45) is 4.99. The standard InChI is InChI=1S/C47H40N6O2/c54-43(30-34-16-5-1-6-17-34)49-40-25-15-18-35(31-40)45-41-32-36(27-28-42(41)53(50-45)44-26-13-14-29-55-44)46-48-33-52(51-46)47(37-19-7-2-8-20-37,38-21-9-3-10-22-38)39-23-11-4-12-24-39/h1-12,15-25,27-28,31-33,44H,13-14,26,29-30H2,(H,49,54). The molecule has 0 saturated carbocycles. The van der Waals surface area contributed by atoms with E-state index < -0.39 is 5.54 Å². The van der Waals surface area contributed by atoms with Gasteiger partial charge in [-0.3, -0.25) is 4.79 Å². The molecule has 1 atom stereocenters. The zero-order valence-electron chi connectivity index (χ0n) is 30.3. The van der Waals surface area contributed by atoms with Crippen LogP contribution < -0.4 is 5.32 Å². The number of anilines is 1. The smallest absolute Gasteiger partial charge is 0.228 e. The number of amides is 1. The summed E-state index contributed by atoms with van der Waals surface area (Å²) in [7, 11) is 0. The van der Waals surface area contributed by atoms with Gasteiger partial charge in [0.25, 0.3) is 0 Å². The third kappa shape index (κ3) is 6.62. The van der Waals surface area contributed by atoms with E-state index in [1.165, 1.54) is 0 Å². The van der Waals surface area contributed by atoms with Gasteiger partial charge < -0.3 is 10.1 Å². The van der Waals surface area contributed by atoms with E-state index in [2.05, 4.69) is 96.3 Å². The normalized spacial score (nSPS) is 14.5. The van der Waals surface area contributed by atoms with Crippen molar-refractivity contribution in [3.05, 3.63) is 192 Å². The Morgan fingerprint density at radius 3 is 1.98 bits per heavy atom. The van der Waals surface area contributed by atoms with Gasteiger partial charge in [0.15, 0.2) is 12.1 Å². The summed E-state index contributed by atoms with van der Waals surface area (Å²) in [5.41, 5.74) is 7.65. The molecule has 9 rings (SSSR count). The van der Waals surface area contributed by atoms with Crippen LogP contribution in [0.15, 0.2) is 170 Å². The molecule has 1 fully saturated rings. The molecule has 8 nitrogen and oxygen atoms in total. The molecule has 0 spiro atoms. The number of ether oxygens (including phenoxy) is 1. The van der Waals surface area contributed by atoms with Gasteiger partial charge in [0.05, 0.1) is 11.9 Å². The molecule has 1 aliphatic rings. The van der Waals surface area contributed by atoms with Crippen molar-refractivity contribution < 1.29 is 9.53 Å². The van der Waals surface area contributed by atoms with Crippen molar-refractivity contribution in [1.82, 2.24) is 24.5 Å². The average molecular weight is 721 g/mol. The molecular formula is C47H40N6O2. The molecule has 2 aromatic heterocycles. The van der Waals surface area contributed by atoms with E-state index in [9.17, 15) is 4.79 Å². The largest absolute Gasteiger partial charge is 0.356 e. The fraction of sp³-hybridized carbons (Fsp3) is 0.149. The Hall–Kier alpha value is -6.64. The summed E-state index contributed by atoms with van der Waals surface area (Å²) in [4.78, 5) is 18.0. The third-order valence-corrected chi connectivity index (χ3v) is 10.4. The molecule has 0 aliphatic carbocycles. The van der Waals surface area contributed by atoms with Gasteiger partial charge in [-0.1, -0.05) is 133 Å². The van der Waals surface area contributed by atoms with Crippen molar-refractivity contribution in [3.63, 3.8) is 0 Å². The lowest BCUT2D eigenvalue weighted by atomic mass is 9.77. The van der Waals surface area contributed by atoms with Gasteiger partial charge in [-0.15, -0.1) is 5.10 Å². The molecule has 3 heterocycles. The lowest BCUT2D eigenvalue weighted by molar-refractivity contribution is -0.115. The molecule has 1 aliphatic heterocycles. The molecule has 1 amide bonds. The Kier molecular flexibility index (Phi) is 9.32. The van der Waals surface area contributed by atoms with Crippen molar-refractivity contribution >= 4 is 22.5 Å². The summed E-state index contributed by atoms with van der Waals surface area (Å²) in [5, 5.41) is 14.5. The van der Waals surface area contributed by atoms with E-state index in [0.717, 1.165) is 69.2 Å². The van der Waals surface area contributed by atoms with E-state index in [1.54, 1.807) is 0 Å². The van der Waals surface area contributed by atoms with Crippen LogP contribution in [0.3, 0.4) is 0 Å². The molecule has 1 N–H and O–H groups in total. The van der Waals surface area contributed by atoms with E-state index in [-0.39, 0.29) is 12.1 Å². The molecule has 55 heavy (non-hydrogen) atoms. The predicted octanol–water partition coefficient (Wildman–Crippen LogP) is 9.68. The predicted molar refractivity (Wildman–Crippen MR) is 216 cm³/mol.